The third-order valence-corrected chi connectivity index (χ3v) is 3.32. The molecule has 3 aromatic rings. The number of fused-ring (bicyclic) bond motifs is 1. The third kappa shape index (κ3) is 3.56. The lowest BCUT2D eigenvalue weighted by atomic mass is 10.3. The number of nitrogens with one attached hydrogen (secondary N) is 2. The first-order valence-corrected chi connectivity index (χ1v) is 7.23. The van der Waals surface area contributed by atoms with Gasteiger partial charge in [0.15, 0.2) is 11.5 Å². The standard InChI is InChI=1S/C16H14ClN3O2/c17-11-5-7-12(8-6-11)19-16(21)18-10-9-15-20-13-3-1-2-4-14(13)22-15/h1-8H,9-10H2,(H2,18,19,21). The van der Waals surface area contributed by atoms with Crippen LogP contribution in [0, 0.1) is 0 Å². The van der Waals surface area contributed by atoms with Crippen molar-refractivity contribution in [1.82, 2.24) is 10.3 Å². The Kier molecular flexibility index (Phi) is 4.25. The number of benzene rings is 2. The average Bonchev–Trinajstić information content (AvgIpc) is 2.92. The minimum Gasteiger partial charge on any atom is -0.441 e. The van der Waals surface area contributed by atoms with E-state index < -0.39 is 0 Å². The molecule has 0 fully saturated rings. The quantitative estimate of drug-likeness (QED) is 0.768. The number of rotatable bonds is 4. The molecule has 0 aliphatic carbocycles. The van der Waals surface area contributed by atoms with Crippen molar-refractivity contribution in [3.05, 3.63) is 59.4 Å². The Labute approximate surface area is 132 Å². The van der Waals surface area contributed by atoms with Crippen molar-refractivity contribution < 1.29 is 9.21 Å². The minimum atomic E-state index is -0.279. The Bertz CT molecular complexity index is 750. The van der Waals surface area contributed by atoms with Crippen LogP contribution in [-0.2, 0) is 6.42 Å². The van der Waals surface area contributed by atoms with Gasteiger partial charge in [-0.1, -0.05) is 23.7 Å². The molecule has 0 aliphatic rings. The summed E-state index contributed by atoms with van der Waals surface area (Å²) in [5.41, 5.74) is 2.26. The highest BCUT2D eigenvalue weighted by Gasteiger charge is 2.06. The number of carbonyl (C=O) groups is 1. The summed E-state index contributed by atoms with van der Waals surface area (Å²) in [6, 6.07) is 14.2. The molecule has 0 bridgehead atoms. The second-order valence-corrected chi connectivity index (χ2v) is 5.15. The SMILES string of the molecule is O=C(NCCc1nc2ccccc2o1)Nc1ccc(Cl)cc1. The Morgan fingerprint density at radius 1 is 1.14 bits per heavy atom. The van der Waals surface area contributed by atoms with E-state index in [0.717, 1.165) is 11.1 Å². The first-order valence-electron chi connectivity index (χ1n) is 6.85. The van der Waals surface area contributed by atoms with Crippen molar-refractivity contribution in [2.24, 2.45) is 0 Å². The van der Waals surface area contributed by atoms with E-state index in [1.807, 2.05) is 24.3 Å². The summed E-state index contributed by atoms with van der Waals surface area (Å²) >= 11 is 5.79. The number of para-hydroxylation sites is 2. The summed E-state index contributed by atoms with van der Waals surface area (Å²) in [6.07, 6.45) is 0.530. The zero-order chi connectivity index (χ0) is 15.4. The van der Waals surface area contributed by atoms with Crippen LogP contribution < -0.4 is 10.6 Å². The number of aromatic nitrogens is 1. The molecule has 2 N–H and O–H groups in total. The maximum absolute atomic E-state index is 11.8. The van der Waals surface area contributed by atoms with Crippen LogP contribution in [-0.4, -0.2) is 17.6 Å². The Morgan fingerprint density at radius 3 is 2.68 bits per heavy atom. The minimum absolute atomic E-state index is 0.279. The number of nitrogens with zero attached hydrogens (tertiary/aromatic N) is 1. The lowest BCUT2D eigenvalue weighted by Crippen LogP contribution is -2.30. The normalized spacial score (nSPS) is 10.6. The maximum atomic E-state index is 11.8. The summed E-state index contributed by atoms with van der Waals surface area (Å²) in [5.74, 6) is 0.605. The molecule has 0 saturated carbocycles. The van der Waals surface area contributed by atoms with Gasteiger partial charge in [-0.05, 0) is 36.4 Å². The molecule has 6 heteroatoms. The van der Waals surface area contributed by atoms with E-state index >= 15 is 0 Å². The molecule has 1 heterocycles. The number of oxazole rings is 1. The van der Waals surface area contributed by atoms with Crippen LogP contribution in [0.2, 0.25) is 5.02 Å². The first kappa shape index (κ1) is 14.4. The highest BCUT2D eigenvalue weighted by molar-refractivity contribution is 6.30. The van der Waals surface area contributed by atoms with E-state index in [-0.39, 0.29) is 6.03 Å². The molecule has 2 amide bonds. The third-order valence-electron chi connectivity index (χ3n) is 3.06. The second kappa shape index (κ2) is 6.49. The topological polar surface area (TPSA) is 67.2 Å². The van der Waals surface area contributed by atoms with E-state index in [4.69, 9.17) is 16.0 Å². The first-order chi connectivity index (χ1) is 10.7. The molecule has 112 valence electrons. The molecule has 0 atom stereocenters. The molecule has 5 nitrogen and oxygen atoms in total. The molecular formula is C16H14ClN3O2. The summed E-state index contributed by atoms with van der Waals surface area (Å²) in [5, 5.41) is 6.10. The molecular weight excluding hydrogens is 302 g/mol. The van der Waals surface area contributed by atoms with Gasteiger partial charge in [0.25, 0.3) is 0 Å². The number of hydrogen-bond donors (Lipinski definition) is 2. The fourth-order valence-corrected chi connectivity index (χ4v) is 2.14. The van der Waals surface area contributed by atoms with Crippen molar-refractivity contribution in [2.75, 3.05) is 11.9 Å². The van der Waals surface area contributed by atoms with Crippen molar-refractivity contribution in [3.63, 3.8) is 0 Å². The number of carbonyl (C=O) groups excluding carboxylic acids is 1. The van der Waals surface area contributed by atoms with Gasteiger partial charge < -0.3 is 15.1 Å². The van der Waals surface area contributed by atoms with Crippen molar-refractivity contribution in [3.8, 4) is 0 Å². The van der Waals surface area contributed by atoms with Crippen molar-refractivity contribution >= 4 is 34.4 Å². The molecule has 0 saturated heterocycles. The van der Waals surface area contributed by atoms with Gasteiger partial charge in [0.05, 0.1) is 0 Å². The highest BCUT2D eigenvalue weighted by Crippen LogP contribution is 2.15. The Morgan fingerprint density at radius 2 is 1.91 bits per heavy atom. The van der Waals surface area contributed by atoms with Crippen LogP contribution >= 0.6 is 11.6 Å². The Hall–Kier alpha value is -2.53. The lowest BCUT2D eigenvalue weighted by molar-refractivity contribution is 0.252. The van der Waals surface area contributed by atoms with Gasteiger partial charge in [0, 0.05) is 23.7 Å². The smallest absolute Gasteiger partial charge is 0.319 e. The van der Waals surface area contributed by atoms with Gasteiger partial charge in [-0.3, -0.25) is 0 Å². The predicted octanol–water partition coefficient (Wildman–Crippen LogP) is 3.85. The van der Waals surface area contributed by atoms with Gasteiger partial charge in [0.2, 0.25) is 0 Å². The summed E-state index contributed by atoms with van der Waals surface area (Å²) in [6.45, 7) is 0.437. The second-order valence-electron chi connectivity index (χ2n) is 4.71. The highest BCUT2D eigenvalue weighted by atomic mass is 35.5. The summed E-state index contributed by atoms with van der Waals surface area (Å²) in [4.78, 5) is 16.1. The van der Waals surface area contributed by atoms with E-state index in [1.165, 1.54) is 0 Å². The van der Waals surface area contributed by atoms with E-state index in [2.05, 4.69) is 15.6 Å². The van der Waals surface area contributed by atoms with Crippen LogP contribution in [0.4, 0.5) is 10.5 Å². The van der Waals surface area contributed by atoms with Crippen molar-refractivity contribution in [2.45, 2.75) is 6.42 Å². The summed E-state index contributed by atoms with van der Waals surface area (Å²) < 4.78 is 5.58. The maximum Gasteiger partial charge on any atom is 0.319 e. The molecule has 1 aromatic heterocycles. The number of halogens is 1. The van der Waals surface area contributed by atoms with Gasteiger partial charge in [-0.15, -0.1) is 0 Å². The largest absolute Gasteiger partial charge is 0.441 e. The van der Waals surface area contributed by atoms with Crippen LogP contribution in [0.25, 0.3) is 11.1 Å². The van der Waals surface area contributed by atoms with E-state index in [1.54, 1.807) is 24.3 Å². The fraction of sp³-hybridized carbons (Fsp3) is 0.125. The van der Waals surface area contributed by atoms with E-state index in [9.17, 15) is 4.79 Å². The van der Waals surface area contributed by atoms with Crippen molar-refractivity contribution in [1.29, 1.82) is 0 Å². The lowest BCUT2D eigenvalue weighted by Gasteiger charge is -2.06. The van der Waals surface area contributed by atoms with Crippen LogP contribution in [0.1, 0.15) is 5.89 Å². The summed E-state index contributed by atoms with van der Waals surface area (Å²) in [7, 11) is 0. The van der Waals surface area contributed by atoms with Gasteiger partial charge in [0.1, 0.15) is 5.52 Å². The average molecular weight is 316 g/mol. The van der Waals surface area contributed by atoms with Gasteiger partial charge >= 0.3 is 6.03 Å². The molecule has 0 radical (unpaired) electrons. The van der Waals surface area contributed by atoms with Gasteiger partial charge in [-0.2, -0.15) is 0 Å². The van der Waals surface area contributed by atoms with Crippen LogP contribution in [0.5, 0.6) is 0 Å². The predicted molar refractivity (Wildman–Crippen MR) is 86.2 cm³/mol. The van der Waals surface area contributed by atoms with Crippen LogP contribution in [0.15, 0.2) is 52.9 Å². The molecule has 0 aliphatic heterocycles. The zero-order valence-corrected chi connectivity index (χ0v) is 12.4. The number of amides is 2. The van der Waals surface area contributed by atoms with Crippen LogP contribution in [0.3, 0.4) is 0 Å². The number of urea groups is 1. The molecule has 0 spiro atoms. The monoisotopic (exact) mass is 315 g/mol. The number of anilines is 1. The molecule has 22 heavy (non-hydrogen) atoms. The zero-order valence-electron chi connectivity index (χ0n) is 11.7. The molecule has 2 aromatic carbocycles. The number of hydrogen-bond acceptors (Lipinski definition) is 3. The Balaban J connectivity index is 1.49. The van der Waals surface area contributed by atoms with E-state index in [0.29, 0.717) is 29.6 Å². The van der Waals surface area contributed by atoms with Gasteiger partial charge in [-0.25, -0.2) is 9.78 Å². The molecule has 0 unspecified atom stereocenters. The molecule has 3 rings (SSSR count). The fourth-order valence-electron chi connectivity index (χ4n) is 2.02.